The molecule has 0 unspecified atom stereocenters. The zero-order valence-electron chi connectivity index (χ0n) is 13.9. The number of carbonyl (C=O) groups excluding carboxylic acids is 1. The second-order valence-electron chi connectivity index (χ2n) is 6.83. The van der Waals surface area contributed by atoms with E-state index in [1.165, 1.54) is 12.1 Å². The summed E-state index contributed by atoms with van der Waals surface area (Å²) in [5.41, 5.74) is 1.88. The molecular weight excluding hydrogens is 309 g/mol. The van der Waals surface area contributed by atoms with E-state index in [1.54, 1.807) is 23.0 Å². The van der Waals surface area contributed by atoms with Crippen LogP contribution in [0.3, 0.4) is 0 Å². The lowest BCUT2D eigenvalue weighted by atomic mass is 10.0. The maximum Gasteiger partial charge on any atom is 0.254 e. The van der Waals surface area contributed by atoms with E-state index in [0.29, 0.717) is 17.8 Å². The van der Waals surface area contributed by atoms with Crippen LogP contribution in [0.1, 0.15) is 48.7 Å². The molecule has 0 aliphatic heterocycles. The first-order chi connectivity index (χ1) is 11.5. The van der Waals surface area contributed by atoms with Crippen molar-refractivity contribution in [1.29, 1.82) is 0 Å². The fourth-order valence-corrected chi connectivity index (χ4v) is 2.81. The van der Waals surface area contributed by atoms with Gasteiger partial charge in [-0.25, -0.2) is 9.07 Å². The third kappa shape index (κ3) is 3.19. The first-order valence-electron chi connectivity index (χ1n) is 8.19. The number of rotatable bonds is 6. The molecule has 0 bridgehead atoms. The summed E-state index contributed by atoms with van der Waals surface area (Å²) < 4.78 is 14.8. The molecule has 1 saturated carbocycles. The number of hydrogen-bond donors (Lipinski definition) is 2. The number of nitrogens with one attached hydrogen (secondary N) is 1. The predicted octanol–water partition coefficient (Wildman–Crippen LogP) is 2.64. The van der Waals surface area contributed by atoms with Gasteiger partial charge in [-0.3, -0.25) is 4.79 Å². The number of aliphatic hydroxyl groups excluding tert-OH is 1. The Hall–Kier alpha value is -2.21. The van der Waals surface area contributed by atoms with Crippen LogP contribution in [0.5, 0.6) is 0 Å². The van der Waals surface area contributed by atoms with Gasteiger partial charge < -0.3 is 10.4 Å². The zero-order valence-corrected chi connectivity index (χ0v) is 13.9. The van der Waals surface area contributed by atoms with Crippen LogP contribution < -0.4 is 5.32 Å². The van der Waals surface area contributed by atoms with Gasteiger partial charge in [-0.2, -0.15) is 5.10 Å². The van der Waals surface area contributed by atoms with Gasteiger partial charge in [-0.1, -0.05) is 13.8 Å². The van der Waals surface area contributed by atoms with E-state index in [9.17, 15) is 14.3 Å². The van der Waals surface area contributed by atoms with Crippen molar-refractivity contribution >= 4 is 5.91 Å². The van der Waals surface area contributed by atoms with E-state index in [0.717, 1.165) is 18.5 Å². The Bertz CT molecular complexity index is 733. The third-order valence-electron chi connectivity index (χ3n) is 4.59. The molecular formula is C18H22FN3O2. The van der Waals surface area contributed by atoms with Crippen molar-refractivity contribution in [3.63, 3.8) is 0 Å². The van der Waals surface area contributed by atoms with Gasteiger partial charge in [0.25, 0.3) is 5.91 Å². The van der Waals surface area contributed by atoms with Crippen molar-refractivity contribution in [3.05, 3.63) is 47.5 Å². The minimum Gasteiger partial charge on any atom is -0.396 e. The second-order valence-corrected chi connectivity index (χ2v) is 6.83. The maximum absolute atomic E-state index is 13.1. The van der Waals surface area contributed by atoms with E-state index in [2.05, 4.69) is 10.4 Å². The monoisotopic (exact) mass is 331 g/mol. The highest BCUT2D eigenvalue weighted by molar-refractivity contribution is 5.95. The van der Waals surface area contributed by atoms with E-state index >= 15 is 0 Å². The van der Waals surface area contributed by atoms with Crippen LogP contribution in [-0.2, 0) is 0 Å². The van der Waals surface area contributed by atoms with E-state index in [4.69, 9.17) is 0 Å². The largest absolute Gasteiger partial charge is 0.396 e. The fraction of sp³-hybridized carbons (Fsp3) is 0.444. The van der Waals surface area contributed by atoms with Gasteiger partial charge in [0.15, 0.2) is 0 Å². The molecule has 5 nitrogen and oxygen atoms in total. The van der Waals surface area contributed by atoms with Crippen LogP contribution in [0.2, 0.25) is 0 Å². The van der Waals surface area contributed by atoms with E-state index < -0.39 is 0 Å². The van der Waals surface area contributed by atoms with Gasteiger partial charge in [0.1, 0.15) is 5.82 Å². The molecule has 1 aliphatic carbocycles. The van der Waals surface area contributed by atoms with Gasteiger partial charge in [0.05, 0.1) is 29.7 Å². The second kappa shape index (κ2) is 6.36. The number of amides is 1. The molecule has 1 aromatic heterocycles. The minimum absolute atomic E-state index is 0.0750. The van der Waals surface area contributed by atoms with Crippen LogP contribution in [0.4, 0.5) is 4.39 Å². The summed E-state index contributed by atoms with van der Waals surface area (Å²) in [5.74, 6) is -0.425. The number of carbonyl (C=O) groups is 1. The van der Waals surface area contributed by atoms with Crippen molar-refractivity contribution in [3.8, 4) is 5.69 Å². The highest BCUT2D eigenvalue weighted by Gasteiger charge is 2.42. The smallest absolute Gasteiger partial charge is 0.254 e. The van der Waals surface area contributed by atoms with Crippen molar-refractivity contribution in [2.45, 2.75) is 32.6 Å². The molecule has 3 rings (SSSR count). The lowest BCUT2D eigenvalue weighted by Gasteiger charge is -2.15. The summed E-state index contributed by atoms with van der Waals surface area (Å²) >= 11 is 0. The predicted molar refractivity (Wildman–Crippen MR) is 88.7 cm³/mol. The Morgan fingerprint density at radius 3 is 2.58 bits per heavy atom. The molecule has 24 heavy (non-hydrogen) atoms. The van der Waals surface area contributed by atoms with E-state index in [-0.39, 0.29) is 29.7 Å². The average molecular weight is 331 g/mol. The summed E-state index contributed by atoms with van der Waals surface area (Å²) in [7, 11) is 0. The van der Waals surface area contributed by atoms with Crippen LogP contribution >= 0.6 is 0 Å². The van der Waals surface area contributed by atoms with Crippen LogP contribution in [-0.4, -0.2) is 33.9 Å². The van der Waals surface area contributed by atoms with Gasteiger partial charge in [-0.05, 0) is 43.0 Å². The quantitative estimate of drug-likeness (QED) is 0.855. The molecule has 1 fully saturated rings. The van der Waals surface area contributed by atoms with Gasteiger partial charge in [0.2, 0.25) is 0 Å². The molecule has 1 aliphatic rings. The summed E-state index contributed by atoms with van der Waals surface area (Å²) in [6.07, 6.45) is 3.43. The molecule has 1 heterocycles. The summed E-state index contributed by atoms with van der Waals surface area (Å²) in [5, 5.41) is 16.6. The normalized spacial score (nSPS) is 15.5. The number of aromatic nitrogens is 2. The number of nitrogens with zero attached hydrogens (tertiary/aromatic N) is 2. The minimum atomic E-state index is -0.311. The first-order valence-corrected chi connectivity index (χ1v) is 8.19. The average Bonchev–Trinajstić information content (AvgIpc) is 3.22. The summed E-state index contributed by atoms with van der Waals surface area (Å²) in [4.78, 5) is 12.6. The molecule has 0 spiro atoms. The van der Waals surface area contributed by atoms with Crippen LogP contribution in [0.15, 0.2) is 30.5 Å². The van der Waals surface area contributed by atoms with Crippen molar-refractivity contribution < 1.29 is 14.3 Å². The molecule has 0 saturated heterocycles. The SMILES string of the molecule is CC(C)c1c(C(=O)NCC2(CO)CC2)cnn1-c1ccc(F)cc1. The lowest BCUT2D eigenvalue weighted by molar-refractivity contribution is 0.0934. The van der Waals surface area contributed by atoms with Crippen LogP contribution in [0, 0.1) is 11.2 Å². The van der Waals surface area contributed by atoms with Gasteiger partial charge in [0, 0.05) is 12.0 Å². The Labute approximate surface area is 140 Å². The van der Waals surface area contributed by atoms with Crippen LogP contribution in [0.25, 0.3) is 5.69 Å². The summed E-state index contributed by atoms with van der Waals surface area (Å²) in [6.45, 7) is 4.55. The molecule has 2 aromatic rings. The molecule has 128 valence electrons. The fourth-order valence-electron chi connectivity index (χ4n) is 2.81. The molecule has 1 aromatic carbocycles. The molecule has 2 N–H and O–H groups in total. The maximum atomic E-state index is 13.1. The number of aliphatic hydroxyl groups is 1. The number of benzene rings is 1. The van der Waals surface area contributed by atoms with Crippen molar-refractivity contribution in [2.24, 2.45) is 5.41 Å². The topological polar surface area (TPSA) is 67.2 Å². The van der Waals surface area contributed by atoms with E-state index in [1.807, 2.05) is 13.8 Å². The molecule has 0 atom stereocenters. The Balaban J connectivity index is 1.85. The first kappa shape index (κ1) is 16.6. The van der Waals surface area contributed by atoms with Gasteiger partial charge >= 0.3 is 0 Å². The van der Waals surface area contributed by atoms with Gasteiger partial charge in [-0.15, -0.1) is 0 Å². The van der Waals surface area contributed by atoms with Crippen molar-refractivity contribution in [2.75, 3.05) is 13.2 Å². The Kier molecular flexibility index (Phi) is 4.41. The lowest BCUT2D eigenvalue weighted by Crippen LogP contribution is -2.32. The van der Waals surface area contributed by atoms with Crippen molar-refractivity contribution in [1.82, 2.24) is 15.1 Å². The number of hydrogen-bond acceptors (Lipinski definition) is 3. The Morgan fingerprint density at radius 1 is 1.38 bits per heavy atom. The standard InChI is InChI=1S/C18H22FN3O2/c1-12(2)16-15(17(24)20-10-18(11-23)7-8-18)9-21-22(16)14-5-3-13(19)4-6-14/h3-6,9,12,23H,7-8,10-11H2,1-2H3,(H,20,24). The molecule has 6 heteroatoms. The molecule has 0 radical (unpaired) electrons. The Morgan fingerprint density at radius 2 is 2.04 bits per heavy atom. The highest BCUT2D eigenvalue weighted by atomic mass is 19.1. The third-order valence-corrected chi connectivity index (χ3v) is 4.59. The highest BCUT2D eigenvalue weighted by Crippen LogP contribution is 2.44. The number of halogens is 1. The summed E-state index contributed by atoms with van der Waals surface area (Å²) in [6, 6.07) is 6.03. The zero-order chi connectivity index (χ0) is 17.3. The molecule has 1 amide bonds.